The molecule has 14 heavy (non-hydrogen) atoms. The van der Waals surface area contributed by atoms with Crippen LogP contribution in [0.25, 0.3) is 0 Å². The molecular formula is C9H11NO3S. The molecule has 5 heteroatoms. The van der Waals surface area contributed by atoms with Crippen LogP contribution in [-0.4, -0.2) is 34.3 Å². The van der Waals surface area contributed by atoms with Gasteiger partial charge in [0.2, 0.25) is 0 Å². The van der Waals surface area contributed by atoms with E-state index in [2.05, 4.69) is 0 Å². The zero-order chi connectivity index (χ0) is 10.1. The molecule has 2 rings (SSSR count). The molecule has 0 saturated carbocycles. The van der Waals surface area contributed by atoms with Gasteiger partial charge >= 0.3 is 6.09 Å². The number of rotatable bonds is 0. The lowest BCUT2D eigenvalue weighted by molar-refractivity contribution is 0.102. The minimum absolute atomic E-state index is 0.180. The summed E-state index contributed by atoms with van der Waals surface area (Å²) in [5, 5.41) is 20.5. The van der Waals surface area contributed by atoms with E-state index in [0.717, 1.165) is 10.4 Å². The van der Waals surface area contributed by atoms with E-state index in [9.17, 15) is 9.90 Å². The number of fused-ring (bicyclic) bond motifs is 1. The fourth-order valence-electron chi connectivity index (χ4n) is 1.66. The molecule has 0 radical (unpaired) electrons. The Kier molecular flexibility index (Phi) is 2.43. The first-order valence-corrected chi connectivity index (χ1v) is 5.28. The second-order valence-electron chi connectivity index (χ2n) is 3.29. The number of carbonyl (C=O) groups is 1. The predicted molar refractivity (Wildman–Crippen MR) is 52.6 cm³/mol. The topological polar surface area (TPSA) is 60.8 Å². The molecule has 1 aliphatic rings. The van der Waals surface area contributed by atoms with Crippen molar-refractivity contribution in [1.29, 1.82) is 0 Å². The van der Waals surface area contributed by atoms with Gasteiger partial charge in [0.1, 0.15) is 0 Å². The molecule has 0 bridgehead atoms. The maximum absolute atomic E-state index is 10.7. The Morgan fingerprint density at radius 3 is 3.14 bits per heavy atom. The van der Waals surface area contributed by atoms with Gasteiger partial charge in [0, 0.05) is 11.4 Å². The lowest BCUT2D eigenvalue weighted by Gasteiger charge is -2.18. The highest BCUT2D eigenvalue weighted by molar-refractivity contribution is 7.10. The van der Waals surface area contributed by atoms with Gasteiger partial charge in [-0.1, -0.05) is 0 Å². The molecule has 4 nitrogen and oxygen atoms in total. The van der Waals surface area contributed by atoms with Crippen LogP contribution in [0.4, 0.5) is 4.79 Å². The lowest BCUT2D eigenvalue weighted by atomic mass is 10.1. The predicted octanol–water partition coefficient (Wildman–Crippen LogP) is 1.32. The quantitative estimate of drug-likeness (QED) is 0.683. The Morgan fingerprint density at radius 1 is 1.64 bits per heavy atom. The summed E-state index contributed by atoms with van der Waals surface area (Å²) < 4.78 is 0. The molecule has 0 fully saturated rings. The van der Waals surface area contributed by atoms with E-state index in [4.69, 9.17) is 5.11 Å². The van der Waals surface area contributed by atoms with E-state index in [1.165, 1.54) is 4.90 Å². The second kappa shape index (κ2) is 3.59. The smallest absolute Gasteiger partial charge is 0.407 e. The van der Waals surface area contributed by atoms with E-state index in [1.54, 1.807) is 11.3 Å². The van der Waals surface area contributed by atoms with Crippen LogP contribution in [0, 0.1) is 0 Å². The minimum atomic E-state index is -0.959. The van der Waals surface area contributed by atoms with E-state index in [1.807, 2.05) is 11.4 Å². The number of hydrogen-bond acceptors (Lipinski definition) is 3. The number of thiophene rings is 1. The summed E-state index contributed by atoms with van der Waals surface area (Å²) in [5.74, 6) is 0. The number of β-amino-alcohol motifs (C(OH)–C–C–N with tert-alkyl or cyclic N) is 1. The molecule has 1 amide bonds. The van der Waals surface area contributed by atoms with Crippen molar-refractivity contribution in [3.63, 3.8) is 0 Å². The number of aliphatic hydroxyl groups is 1. The lowest BCUT2D eigenvalue weighted by Crippen LogP contribution is -2.33. The fraction of sp³-hybridized carbons (Fsp3) is 0.444. The molecule has 1 unspecified atom stereocenters. The first-order chi connectivity index (χ1) is 6.68. The van der Waals surface area contributed by atoms with Crippen LogP contribution in [0.1, 0.15) is 16.5 Å². The van der Waals surface area contributed by atoms with Crippen LogP contribution < -0.4 is 0 Å². The zero-order valence-corrected chi connectivity index (χ0v) is 8.33. The number of carboxylic acid groups (broad SMARTS) is 1. The first kappa shape index (κ1) is 9.48. The van der Waals surface area contributed by atoms with Gasteiger partial charge in [-0.05, 0) is 23.4 Å². The van der Waals surface area contributed by atoms with Gasteiger partial charge in [-0.25, -0.2) is 4.79 Å². The van der Waals surface area contributed by atoms with Crippen molar-refractivity contribution < 1.29 is 15.0 Å². The standard InChI is InChI=1S/C9H11NO3S/c11-7-5-10(9(12)13)3-1-8-6(7)2-4-14-8/h2,4,7,11H,1,3,5H2,(H,12,13). The van der Waals surface area contributed by atoms with E-state index < -0.39 is 12.2 Å². The van der Waals surface area contributed by atoms with Gasteiger partial charge in [0.25, 0.3) is 0 Å². The number of hydrogen-bond donors (Lipinski definition) is 2. The summed E-state index contributed by atoms with van der Waals surface area (Å²) >= 11 is 1.58. The van der Waals surface area contributed by atoms with Crippen molar-refractivity contribution in [3.8, 4) is 0 Å². The van der Waals surface area contributed by atoms with Crippen molar-refractivity contribution >= 4 is 17.4 Å². The Labute approximate surface area is 85.4 Å². The third-order valence-corrected chi connectivity index (χ3v) is 3.41. The molecule has 1 aromatic rings. The number of aliphatic hydroxyl groups excluding tert-OH is 1. The van der Waals surface area contributed by atoms with Crippen molar-refractivity contribution in [3.05, 3.63) is 21.9 Å². The Hall–Kier alpha value is -1.07. The van der Waals surface area contributed by atoms with Gasteiger partial charge in [0.05, 0.1) is 12.6 Å². The van der Waals surface area contributed by atoms with Crippen LogP contribution >= 0.6 is 11.3 Å². The maximum atomic E-state index is 10.7. The van der Waals surface area contributed by atoms with Crippen LogP contribution in [0.3, 0.4) is 0 Å². The molecule has 76 valence electrons. The van der Waals surface area contributed by atoms with Gasteiger partial charge in [-0.2, -0.15) is 0 Å². The summed E-state index contributed by atoms with van der Waals surface area (Å²) in [4.78, 5) is 13.1. The van der Waals surface area contributed by atoms with Crippen LogP contribution in [0.5, 0.6) is 0 Å². The molecule has 0 saturated heterocycles. The molecule has 2 N–H and O–H groups in total. The van der Waals surface area contributed by atoms with Crippen molar-refractivity contribution in [2.45, 2.75) is 12.5 Å². The van der Waals surface area contributed by atoms with E-state index in [0.29, 0.717) is 13.0 Å². The summed E-state index contributed by atoms with van der Waals surface area (Å²) in [5.41, 5.74) is 0.888. The highest BCUT2D eigenvalue weighted by Gasteiger charge is 2.24. The molecule has 2 heterocycles. The fourth-order valence-corrected chi connectivity index (χ4v) is 2.59. The Bertz CT molecular complexity index is 350. The number of nitrogens with zero attached hydrogens (tertiary/aromatic N) is 1. The van der Waals surface area contributed by atoms with Crippen LogP contribution in [0.2, 0.25) is 0 Å². The average molecular weight is 213 g/mol. The monoisotopic (exact) mass is 213 g/mol. The number of amides is 1. The zero-order valence-electron chi connectivity index (χ0n) is 7.51. The largest absolute Gasteiger partial charge is 0.465 e. The maximum Gasteiger partial charge on any atom is 0.407 e. The summed E-state index contributed by atoms with van der Waals surface area (Å²) in [7, 11) is 0. The third kappa shape index (κ3) is 1.60. The molecule has 0 spiro atoms. The van der Waals surface area contributed by atoms with E-state index in [-0.39, 0.29) is 6.54 Å². The summed E-state index contributed by atoms with van der Waals surface area (Å²) in [6.45, 7) is 0.652. The van der Waals surface area contributed by atoms with Gasteiger partial charge in [-0.3, -0.25) is 0 Å². The van der Waals surface area contributed by atoms with Gasteiger partial charge < -0.3 is 15.1 Å². The second-order valence-corrected chi connectivity index (χ2v) is 4.29. The molecule has 1 atom stereocenters. The van der Waals surface area contributed by atoms with Crippen LogP contribution in [0.15, 0.2) is 11.4 Å². The molecule has 1 aromatic heterocycles. The summed E-state index contributed by atoms with van der Waals surface area (Å²) in [6.07, 6.45) is -0.926. The van der Waals surface area contributed by atoms with Crippen molar-refractivity contribution in [2.24, 2.45) is 0 Å². The average Bonchev–Trinajstić information content (AvgIpc) is 2.54. The third-order valence-electron chi connectivity index (χ3n) is 2.41. The molecular weight excluding hydrogens is 202 g/mol. The van der Waals surface area contributed by atoms with Crippen molar-refractivity contribution in [2.75, 3.05) is 13.1 Å². The molecule has 0 aromatic carbocycles. The minimum Gasteiger partial charge on any atom is -0.465 e. The van der Waals surface area contributed by atoms with E-state index >= 15 is 0 Å². The highest BCUT2D eigenvalue weighted by atomic mass is 32.1. The molecule has 1 aliphatic heterocycles. The first-order valence-electron chi connectivity index (χ1n) is 4.40. The van der Waals surface area contributed by atoms with Crippen molar-refractivity contribution in [1.82, 2.24) is 4.90 Å². The van der Waals surface area contributed by atoms with Crippen LogP contribution in [-0.2, 0) is 6.42 Å². The normalized spacial score (nSPS) is 21.5. The highest BCUT2D eigenvalue weighted by Crippen LogP contribution is 2.27. The van der Waals surface area contributed by atoms with Gasteiger partial charge in [-0.15, -0.1) is 11.3 Å². The SMILES string of the molecule is O=C(O)N1CCc2sccc2C(O)C1. The van der Waals surface area contributed by atoms with Gasteiger partial charge in [0.15, 0.2) is 0 Å². The summed E-state index contributed by atoms with van der Waals surface area (Å²) in [6, 6.07) is 1.87. The molecule has 0 aliphatic carbocycles. The Morgan fingerprint density at radius 2 is 2.43 bits per heavy atom. The Balaban J connectivity index is 2.22.